The number of carbonyl (C=O) groups is 2. The van der Waals surface area contributed by atoms with Crippen molar-refractivity contribution in [2.24, 2.45) is 0 Å². The molecular formula is C23H25NO6S. The molecule has 3 aromatic rings. The predicted octanol–water partition coefficient (Wildman–Crippen LogP) is 5.14. The van der Waals surface area contributed by atoms with Crippen molar-refractivity contribution in [3.05, 3.63) is 46.8 Å². The molecule has 0 aliphatic carbocycles. The summed E-state index contributed by atoms with van der Waals surface area (Å²) in [5.74, 6) is 0.387. The molecular weight excluding hydrogens is 418 g/mol. The number of carbonyl (C=O) groups excluding carboxylic acids is 2. The Kier molecular flexibility index (Phi) is 7.36. The van der Waals surface area contributed by atoms with E-state index >= 15 is 0 Å². The van der Waals surface area contributed by atoms with Gasteiger partial charge >= 0.3 is 5.97 Å². The molecule has 1 amide bonds. The van der Waals surface area contributed by atoms with E-state index in [1.165, 1.54) is 18.4 Å². The second-order valence-corrected chi connectivity index (χ2v) is 7.40. The fourth-order valence-electron chi connectivity index (χ4n) is 3.11. The monoisotopic (exact) mass is 443 g/mol. The molecule has 0 atom stereocenters. The number of thiophene rings is 1. The third kappa shape index (κ3) is 4.74. The maximum atomic E-state index is 13.2. The summed E-state index contributed by atoms with van der Waals surface area (Å²) in [6.07, 6.45) is 0. The second kappa shape index (κ2) is 10.2. The van der Waals surface area contributed by atoms with Crippen molar-refractivity contribution in [3.63, 3.8) is 0 Å². The van der Waals surface area contributed by atoms with Gasteiger partial charge in [-0.05, 0) is 39.0 Å². The summed E-state index contributed by atoms with van der Waals surface area (Å²) in [5, 5.41) is 3.64. The summed E-state index contributed by atoms with van der Waals surface area (Å²) in [7, 11) is 1.31. The lowest BCUT2D eigenvalue weighted by atomic mass is 10.1. The van der Waals surface area contributed by atoms with Crippen LogP contribution in [0, 0.1) is 0 Å². The highest BCUT2D eigenvalue weighted by molar-refractivity contribution is 7.21. The van der Waals surface area contributed by atoms with E-state index in [2.05, 4.69) is 5.32 Å². The summed E-state index contributed by atoms with van der Waals surface area (Å²) in [5.41, 5.74) is 0.740. The van der Waals surface area contributed by atoms with Gasteiger partial charge in [0.15, 0.2) is 11.5 Å². The van der Waals surface area contributed by atoms with Gasteiger partial charge in [0.2, 0.25) is 5.75 Å². The minimum atomic E-state index is -0.506. The summed E-state index contributed by atoms with van der Waals surface area (Å²) < 4.78 is 22.9. The first-order valence-electron chi connectivity index (χ1n) is 10.0. The molecule has 31 heavy (non-hydrogen) atoms. The van der Waals surface area contributed by atoms with Crippen LogP contribution in [-0.4, -0.2) is 38.8 Å². The van der Waals surface area contributed by atoms with Gasteiger partial charge in [-0.15, -0.1) is 11.3 Å². The third-order valence-electron chi connectivity index (χ3n) is 4.38. The smallest absolute Gasteiger partial charge is 0.350 e. The first kappa shape index (κ1) is 22.4. The van der Waals surface area contributed by atoms with E-state index in [4.69, 9.17) is 18.9 Å². The average molecular weight is 444 g/mol. The number of benzene rings is 2. The van der Waals surface area contributed by atoms with E-state index in [0.29, 0.717) is 53.2 Å². The Bertz CT molecular complexity index is 1060. The molecule has 0 aliphatic heterocycles. The van der Waals surface area contributed by atoms with Gasteiger partial charge in [-0.2, -0.15) is 0 Å². The van der Waals surface area contributed by atoms with Gasteiger partial charge in [0.05, 0.1) is 32.6 Å². The first-order valence-corrected chi connectivity index (χ1v) is 10.8. The Morgan fingerprint density at radius 2 is 1.55 bits per heavy atom. The van der Waals surface area contributed by atoms with Crippen LogP contribution in [0.15, 0.2) is 36.4 Å². The Balaban J connectivity index is 2.05. The molecule has 7 nitrogen and oxygen atoms in total. The second-order valence-electron chi connectivity index (χ2n) is 6.35. The minimum absolute atomic E-state index is 0.321. The van der Waals surface area contributed by atoms with Crippen LogP contribution >= 0.6 is 11.3 Å². The highest BCUT2D eigenvalue weighted by Crippen LogP contribution is 2.40. The molecule has 2 aromatic carbocycles. The number of hydrogen-bond donors (Lipinski definition) is 1. The van der Waals surface area contributed by atoms with Crippen LogP contribution in [0.2, 0.25) is 0 Å². The van der Waals surface area contributed by atoms with E-state index in [1.807, 2.05) is 45.0 Å². The number of amides is 1. The van der Waals surface area contributed by atoms with Crippen LogP contribution in [-0.2, 0) is 4.74 Å². The molecule has 0 aliphatic rings. The quantitative estimate of drug-likeness (QED) is 0.461. The first-order chi connectivity index (χ1) is 15.0. The molecule has 164 valence electrons. The van der Waals surface area contributed by atoms with Crippen LogP contribution in [0.5, 0.6) is 17.2 Å². The van der Waals surface area contributed by atoms with Crippen LogP contribution in [0.25, 0.3) is 10.1 Å². The average Bonchev–Trinajstić information content (AvgIpc) is 3.14. The van der Waals surface area contributed by atoms with Crippen LogP contribution in [0.3, 0.4) is 0 Å². The molecule has 0 fully saturated rings. The number of anilines is 1. The van der Waals surface area contributed by atoms with Crippen molar-refractivity contribution < 1.29 is 28.5 Å². The zero-order valence-electron chi connectivity index (χ0n) is 17.9. The zero-order valence-corrected chi connectivity index (χ0v) is 18.8. The van der Waals surface area contributed by atoms with Crippen LogP contribution in [0.4, 0.5) is 5.69 Å². The SMILES string of the molecule is CCOc1cc(C(=O)Nc2c(C(=O)OC)sc3ccccc23)cc(OCC)c1OCC. The van der Waals surface area contributed by atoms with Gasteiger partial charge in [-0.3, -0.25) is 4.79 Å². The molecule has 0 radical (unpaired) electrons. The summed E-state index contributed by atoms with van der Waals surface area (Å²) in [4.78, 5) is 25.8. The van der Waals surface area contributed by atoms with Crippen molar-refractivity contribution in [2.75, 3.05) is 32.2 Å². The Hall–Kier alpha value is -3.26. The Morgan fingerprint density at radius 1 is 0.935 bits per heavy atom. The van der Waals surface area contributed by atoms with Gasteiger partial charge in [-0.1, -0.05) is 18.2 Å². The summed E-state index contributed by atoms with van der Waals surface area (Å²) in [6.45, 7) is 6.79. The van der Waals surface area contributed by atoms with Gasteiger partial charge in [0.1, 0.15) is 4.88 Å². The molecule has 0 saturated heterocycles. The van der Waals surface area contributed by atoms with E-state index in [1.54, 1.807) is 12.1 Å². The highest BCUT2D eigenvalue weighted by Gasteiger charge is 2.23. The van der Waals surface area contributed by atoms with Crippen molar-refractivity contribution in [3.8, 4) is 17.2 Å². The van der Waals surface area contributed by atoms with Gasteiger partial charge in [-0.25, -0.2) is 4.79 Å². The van der Waals surface area contributed by atoms with Crippen molar-refractivity contribution in [1.29, 1.82) is 0 Å². The number of rotatable bonds is 9. The van der Waals surface area contributed by atoms with Gasteiger partial charge in [0.25, 0.3) is 5.91 Å². The fourth-order valence-corrected chi connectivity index (χ4v) is 4.19. The zero-order chi connectivity index (χ0) is 22.4. The number of esters is 1. The van der Waals surface area contributed by atoms with E-state index < -0.39 is 11.9 Å². The molecule has 0 bridgehead atoms. The van der Waals surface area contributed by atoms with Crippen LogP contribution in [0.1, 0.15) is 40.8 Å². The summed E-state index contributed by atoms with van der Waals surface area (Å²) in [6, 6.07) is 10.7. The highest BCUT2D eigenvalue weighted by atomic mass is 32.1. The molecule has 1 heterocycles. The fraction of sp³-hybridized carbons (Fsp3) is 0.304. The number of fused-ring (bicyclic) bond motifs is 1. The Morgan fingerprint density at radius 3 is 2.13 bits per heavy atom. The standard InChI is InChI=1S/C23H25NO6S/c1-5-28-16-12-14(13-17(29-6-2)20(16)30-7-3)22(25)24-19-15-10-8-9-11-18(15)31-21(19)23(26)27-4/h8-13H,5-7H2,1-4H3,(H,24,25). The molecule has 1 N–H and O–H groups in total. The lowest BCUT2D eigenvalue weighted by Gasteiger charge is -2.17. The molecule has 3 rings (SSSR count). The van der Waals surface area contributed by atoms with Crippen LogP contribution < -0.4 is 19.5 Å². The normalized spacial score (nSPS) is 10.6. The van der Waals surface area contributed by atoms with E-state index in [-0.39, 0.29) is 0 Å². The molecule has 8 heteroatoms. The lowest BCUT2D eigenvalue weighted by Crippen LogP contribution is -2.15. The van der Waals surface area contributed by atoms with Gasteiger partial charge < -0.3 is 24.3 Å². The Labute approximate surface area is 184 Å². The molecule has 0 saturated carbocycles. The molecule has 0 unspecified atom stereocenters. The maximum absolute atomic E-state index is 13.2. The van der Waals surface area contributed by atoms with Crippen molar-refractivity contribution in [1.82, 2.24) is 0 Å². The lowest BCUT2D eigenvalue weighted by molar-refractivity contribution is 0.0607. The maximum Gasteiger partial charge on any atom is 0.350 e. The van der Waals surface area contributed by atoms with E-state index in [9.17, 15) is 9.59 Å². The number of nitrogens with one attached hydrogen (secondary N) is 1. The van der Waals surface area contributed by atoms with Gasteiger partial charge in [0, 0.05) is 15.6 Å². The predicted molar refractivity (Wildman–Crippen MR) is 121 cm³/mol. The van der Waals surface area contributed by atoms with Crippen molar-refractivity contribution >= 4 is 39.0 Å². The number of ether oxygens (including phenoxy) is 4. The largest absolute Gasteiger partial charge is 0.490 e. The topological polar surface area (TPSA) is 83.1 Å². The third-order valence-corrected chi connectivity index (χ3v) is 5.53. The molecule has 0 spiro atoms. The minimum Gasteiger partial charge on any atom is -0.490 e. The van der Waals surface area contributed by atoms with E-state index in [0.717, 1.165) is 10.1 Å². The van der Waals surface area contributed by atoms with Crippen molar-refractivity contribution in [2.45, 2.75) is 20.8 Å². The number of methoxy groups -OCH3 is 1. The number of hydrogen-bond acceptors (Lipinski definition) is 7. The summed E-state index contributed by atoms with van der Waals surface area (Å²) >= 11 is 1.27. The molecule has 1 aromatic heterocycles.